The first kappa shape index (κ1) is 24.1. The summed E-state index contributed by atoms with van der Waals surface area (Å²) in [5.41, 5.74) is 1.71. The van der Waals surface area contributed by atoms with Crippen molar-refractivity contribution >= 4 is 35.6 Å². The van der Waals surface area contributed by atoms with Gasteiger partial charge in [0.2, 0.25) is 5.91 Å². The summed E-state index contributed by atoms with van der Waals surface area (Å²) in [4.78, 5) is 49.2. The third-order valence-electron chi connectivity index (χ3n) is 5.21. The highest BCUT2D eigenvalue weighted by atomic mass is 19.1. The second-order valence-electron chi connectivity index (χ2n) is 7.76. The summed E-state index contributed by atoms with van der Waals surface area (Å²) in [6.07, 6.45) is 1.45. The van der Waals surface area contributed by atoms with Gasteiger partial charge in [0.25, 0.3) is 5.91 Å². The van der Waals surface area contributed by atoms with E-state index in [1.54, 1.807) is 36.4 Å². The summed E-state index contributed by atoms with van der Waals surface area (Å²) in [6, 6.07) is 17.4. The number of hydrogen-bond acceptors (Lipinski definition) is 5. The molecule has 0 spiro atoms. The molecule has 3 N–H and O–H groups in total. The maximum Gasteiger partial charge on any atom is 0.335 e. The van der Waals surface area contributed by atoms with Gasteiger partial charge in [0.15, 0.2) is 0 Å². The van der Waals surface area contributed by atoms with Crippen LogP contribution in [0.1, 0.15) is 21.5 Å². The van der Waals surface area contributed by atoms with Crippen LogP contribution < -0.4 is 15.4 Å². The average molecular weight is 489 g/mol. The van der Waals surface area contributed by atoms with Gasteiger partial charge in [0.1, 0.15) is 30.4 Å². The maximum atomic E-state index is 13.0. The molecule has 0 saturated carbocycles. The lowest BCUT2D eigenvalue weighted by Gasteiger charge is -2.12. The standard InChI is InChI=1S/C26H20FN3O6/c27-19-9-11-20(12-10-19)28-23(31)14-30-24(32)21(29-26(30)35)13-18-3-1-2-4-22(18)36-15-16-5-7-17(8-6-16)25(33)34/h1-13H,14-15H2,(H,28,31)(H,29,35)(H,33,34)/b21-13+. The number of nitrogens with one attached hydrogen (secondary N) is 2. The number of imide groups is 1. The number of aromatic carboxylic acids is 1. The largest absolute Gasteiger partial charge is 0.488 e. The van der Waals surface area contributed by atoms with Crippen LogP contribution in [0.25, 0.3) is 6.08 Å². The number of rotatable bonds is 8. The first-order valence-electron chi connectivity index (χ1n) is 10.7. The fraction of sp³-hybridized carbons (Fsp3) is 0.0769. The van der Waals surface area contributed by atoms with E-state index in [0.29, 0.717) is 17.0 Å². The number of carbonyl (C=O) groups is 4. The first-order valence-corrected chi connectivity index (χ1v) is 10.7. The van der Waals surface area contributed by atoms with Crippen LogP contribution in [-0.2, 0) is 16.2 Å². The summed E-state index contributed by atoms with van der Waals surface area (Å²) in [6.45, 7) is -0.375. The van der Waals surface area contributed by atoms with Crippen LogP contribution >= 0.6 is 0 Å². The molecule has 3 aromatic rings. The van der Waals surface area contributed by atoms with Gasteiger partial charge in [0.05, 0.1) is 5.56 Å². The van der Waals surface area contributed by atoms with E-state index >= 15 is 0 Å². The Morgan fingerprint density at radius 2 is 1.69 bits per heavy atom. The Hall–Kier alpha value is -4.99. The van der Waals surface area contributed by atoms with E-state index < -0.39 is 36.2 Å². The lowest BCUT2D eigenvalue weighted by molar-refractivity contribution is -0.127. The molecule has 36 heavy (non-hydrogen) atoms. The lowest BCUT2D eigenvalue weighted by atomic mass is 10.1. The van der Waals surface area contributed by atoms with E-state index in [0.717, 1.165) is 10.5 Å². The molecular formula is C26H20FN3O6. The van der Waals surface area contributed by atoms with Crippen molar-refractivity contribution in [3.05, 3.63) is 101 Å². The number of amides is 4. The van der Waals surface area contributed by atoms with Crippen molar-refractivity contribution in [2.75, 3.05) is 11.9 Å². The third-order valence-corrected chi connectivity index (χ3v) is 5.21. The molecule has 9 nitrogen and oxygen atoms in total. The predicted octanol–water partition coefficient (Wildman–Crippen LogP) is 3.63. The van der Waals surface area contributed by atoms with Crippen LogP contribution in [0.5, 0.6) is 5.75 Å². The van der Waals surface area contributed by atoms with Gasteiger partial charge in [0, 0.05) is 11.3 Å². The van der Waals surface area contributed by atoms with Crippen molar-refractivity contribution in [2.24, 2.45) is 0 Å². The van der Waals surface area contributed by atoms with Gasteiger partial charge in [-0.1, -0.05) is 30.3 Å². The van der Waals surface area contributed by atoms with Gasteiger partial charge < -0.3 is 20.5 Å². The summed E-state index contributed by atoms with van der Waals surface area (Å²) in [7, 11) is 0. The number of urea groups is 1. The molecule has 4 rings (SSSR count). The molecule has 0 aromatic heterocycles. The molecule has 1 heterocycles. The smallest absolute Gasteiger partial charge is 0.335 e. The third kappa shape index (κ3) is 5.73. The van der Waals surface area contributed by atoms with Crippen molar-refractivity contribution in [2.45, 2.75) is 6.61 Å². The van der Waals surface area contributed by atoms with Crippen LogP contribution in [0.4, 0.5) is 14.9 Å². The molecular weight excluding hydrogens is 469 g/mol. The van der Waals surface area contributed by atoms with Gasteiger partial charge in [-0.15, -0.1) is 0 Å². The molecule has 182 valence electrons. The maximum absolute atomic E-state index is 13.0. The number of nitrogens with zero attached hydrogens (tertiary/aromatic N) is 1. The van der Waals surface area contributed by atoms with Gasteiger partial charge in [-0.25, -0.2) is 18.9 Å². The quantitative estimate of drug-likeness (QED) is 0.328. The zero-order valence-corrected chi connectivity index (χ0v) is 18.7. The Kier molecular flexibility index (Phi) is 7.05. The van der Waals surface area contributed by atoms with E-state index in [2.05, 4.69) is 10.6 Å². The first-order chi connectivity index (χ1) is 17.3. The van der Waals surface area contributed by atoms with Crippen LogP contribution in [0, 0.1) is 5.82 Å². The van der Waals surface area contributed by atoms with Gasteiger partial charge in [-0.2, -0.15) is 0 Å². The molecule has 0 bridgehead atoms. The minimum Gasteiger partial charge on any atom is -0.488 e. The van der Waals surface area contributed by atoms with Gasteiger partial charge in [-0.05, 0) is 54.1 Å². The minimum absolute atomic E-state index is 0.0311. The Morgan fingerprint density at radius 1 is 1.00 bits per heavy atom. The number of benzene rings is 3. The molecule has 1 aliphatic rings. The SMILES string of the molecule is O=C(CN1C(=O)N/C(=C/c2ccccc2OCc2ccc(C(=O)O)cc2)C1=O)Nc1ccc(F)cc1. The monoisotopic (exact) mass is 489 g/mol. The number of carboxylic acids is 1. The zero-order valence-electron chi connectivity index (χ0n) is 18.7. The number of carbonyl (C=O) groups excluding carboxylic acids is 3. The Labute approximate surface area is 204 Å². The topological polar surface area (TPSA) is 125 Å². The second kappa shape index (κ2) is 10.5. The van der Waals surface area contributed by atoms with Gasteiger partial charge >= 0.3 is 12.0 Å². The lowest BCUT2D eigenvalue weighted by Crippen LogP contribution is -2.38. The number of hydrogen-bond donors (Lipinski definition) is 3. The van der Waals surface area contributed by atoms with Crippen molar-refractivity contribution in [1.82, 2.24) is 10.2 Å². The van der Waals surface area contributed by atoms with E-state index in [-0.39, 0.29) is 17.9 Å². The summed E-state index contributed by atoms with van der Waals surface area (Å²) < 4.78 is 18.9. The molecule has 0 unspecified atom stereocenters. The number of ether oxygens (including phenoxy) is 1. The van der Waals surface area contributed by atoms with Crippen LogP contribution in [-0.4, -0.2) is 40.4 Å². The average Bonchev–Trinajstić information content (AvgIpc) is 3.12. The Morgan fingerprint density at radius 3 is 2.39 bits per heavy atom. The molecule has 1 fully saturated rings. The molecule has 0 atom stereocenters. The molecule has 0 radical (unpaired) electrons. The van der Waals surface area contributed by atoms with Crippen LogP contribution in [0.15, 0.2) is 78.5 Å². The molecule has 3 aromatic carbocycles. The fourth-order valence-corrected chi connectivity index (χ4v) is 3.38. The number of para-hydroxylation sites is 1. The van der Waals surface area contributed by atoms with Crippen molar-refractivity contribution in [3.63, 3.8) is 0 Å². The number of halogens is 1. The normalized spacial score (nSPS) is 14.0. The minimum atomic E-state index is -1.02. The molecule has 1 aliphatic heterocycles. The summed E-state index contributed by atoms with van der Waals surface area (Å²) in [5, 5.41) is 14.0. The van der Waals surface area contributed by atoms with Gasteiger partial charge in [-0.3, -0.25) is 9.59 Å². The highest BCUT2D eigenvalue weighted by Crippen LogP contribution is 2.24. The van der Waals surface area contributed by atoms with E-state index in [9.17, 15) is 23.6 Å². The fourth-order valence-electron chi connectivity index (χ4n) is 3.38. The van der Waals surface area contributed by atoms with E-state index in [1.165, 1.54) is 42.5 Å². The Bertz CT molecular complexity index is 1350. The van der Waals surface area contributed by atoms with Crippen molar-refractivity contribution in [3.8, 4) is 5.75 Å². The van der Waals surface area contributed by atoms with E-state index in [1.807, 2.05) is 0 Å². The predicted molar refractivity (Wildman–Crippen MR) is 127 cm³/mol. The Balaban J connectivity index is 1.43. The summed E-state index contributed by atoms with van der Waals surface area (Å²) in [5.74, 6) is -2.36. The number of anilines is 1. The molecule has 4 amide bonds. The van der Waals surface area contributed by atoms with E-state index in [4.69, 9.17) is 9.84 Å². The molecule has 10 heteroatoms. The zero-order chi connectivity index (χ0) is 25.7. The van der Waals surface area contributed by atoms with Crippen molar-refractivity contribution < 1.29 is 33.4 Å². The summed E-state index contributed by atoms with van der Waals surface area (Å²) >= 11 is 0. The molecule has 1 saturated heterocycles. The van der Waals surface area contributed by atoms with Crippen LogP contribution in [0.2, 0.25) is 0 Å². The van der Waals surface area contributed by atoms with Crippen LogP contribution in [0.3, 0.4) is 0 Å². The molecule has 0 aliphatic carbocycles. The highest BCUT2D eigenvalue weighted by molar-refractivity contribution is 6.16. The van der Waals surface area contributed by atoms with Crippen molar-refractivity contribution in [1.29, 1.82) is 0 Å². The highest BCUT2D eigenvalue weighted by Gasteiger charge is 2.35. The number of carboxylic acid groups (broad SMARTS) is 1. The second-order valence-corrected chi connectivity index (χ2v) is 7.76.